The zero-order chi connectivity index (χ0) is 29.9. The van der Waals surface area contributed by atoms with Gasteiger partial charge < -0.3 is 14.0 Å². The first kappa shape index (κ1) is 29.7. The smallest absolute Gasteiger partial charge is 0.416 e. The van der Waals surface area contributed by atoms with Crippen LogP contribution in [0, 0.1) is 0 Å². The number of hydrogen-bond donors (Lipinski definition) is 0. The van der Waals surface area contributed by atoms with Crippen LogP contribution in [0.2, 0.25) is 0 Å². The van der Waals surface area contributed by atoms with Crippen molar-refractivity contribution in [2.45, 2.75) is 31.9 Å². The Morgan fingerprint density at radius 3 is 2.19 bits per heavy atom. The summed E-state index contributed by atoms with van der Waals surface area (Å²) in [5.74, 6) is 0.179. The van der Waals surface area contributed by atoms with Crippen LogP contribution in [0.4, 0.5) is 26.3 Å². The molecule has 0 saturated carbocycles. The number of thiocarbonyl (C=S) groups is 1. The molecular formula is C30H22F6N2O2S2. The number of aryl methyl sites for hydroxylation is 1. The van der Waals surface area contributed by atoms with E-state index < -0.39 is 29.2 Å². The largest absolute Gasteiger partial charge is 0.493 e. The molecule has 0 atom stereocenters. The molecule has 5 rings (SSSR count). The van der Waals surface area contributed by atoms with Gasteiger partial charge in [0.05, 0.1) is 17.7 Å². The molecule has 3 aromatic carbocycles. The van der Waals surface area contributed by atoms with Crippen LogP contribution in [0.25, 0.3) is 17.0 Å². The molecule has 0 N–H and O–H groups in total. The second kappa shape index (κ2) is 12.2. The topological polar surface area (TPSA) is 35.8 Å². The molecule has 0 saturated heterocycles. The van der Waals surface area contributed by atoms with Crippen LogP contribution in [0.1, 0.15) is 28.8 Å². The SMILES string of the molecule is FC(F)(F)c1cc(OCCCn2c(/C=C3\C=NC(=S)S3)cc3cc(OCc4ccccc4)ccc32)cc(C(F)(F)F)c1. The van der Waals surface area contributed by atoms with Crippen molar-refractivity contribution in [1.82, 2.24) is 4.57 Å². The van der Waals surface area contributed by atoms with Crippen LogP contribution in [0.5, 0.6) is 11.5 Å². The van der Waals surface area contributed by atoms with E-state index in [2.05, 4.69) is 4.99 Å². The first-order valence-electron chi connectivity index (χ1n) is 12.7. The monoisotopic (exact) mass is 620 g/mol. The van der Waals surface area contributed by atoms with E-state index in [-0.39, 0.29) is 12.7 Å². The fraction of sp³-hybridized carbons (Fsp3) is 0.200. The molecule has 1 aliphatic heterocycles. The van der Waals surface area contributed by atoms with Gasteiger partial charge in [-0.2, -0.15) is 26.3 Å². The average molecular weight is 621 g/mol. The molecule has 0 aliphatic carbocycles. The number of nitrogens with zero attached hydrogens (tertiary/aromatic N) is 2. The molecule has 4 aromatic rings. The third-order valence-corrected chi connectivity index (χ3v) is 7.40. The third-order valence-electron chi connectivity index (χ3n) is 6.30. The first-order valence-corrected chi connectivity index (χ1v) is 13.9. The number of thioether (sulfide) groups is 1. The van der Waals surface area contributed by atoms with E-state index in [4.69, 9.17) is 21.7 Å². The van der Waals surface area contributed by atoms with Crippen molar-refractivity contribution in [2.75, 3.05) is 6.61 Å². The van der Waals surface area contributed by atoms with Gasteiger partial charge in [0, 0.05) is 34.3 Å². The van der Waals surface area contributed by atoms with Gasteiger partial charge in [-0.3, -0.25) is 0 Å². The van der Waals surface area contributed by atoms with Gasteiger partial charge in [0.25, 0.3) is 0 Å². The molecule has 0 radical (unpaired) electrons. The minimum atomic E-state index is -4.95. The van der Waals surface area contributed by atoms with Crippen molar-refractivity contribution in [1.29, 1.82) is 0 Å². The van der Waals surface area contributed by atoms with Gasteiger partial charge in [-0.1, -0.05) is 54.3 Å². The maximum Gasteiger partial charge on any atom is 0.416 e. The standard InChI is InChI=1S/C30H22F6N2O2S2/c31-29(32,33)21-13-22(30(34,35)36)15-25(14-21)39-10-4-9-38-23(16-26-17-37-28(41)42-26)11-20-12-24(7-8-27(20)38)40-18-19-5-2-1-3-6-19/h1-3,5-8,11-17H,4,9-10,18H2/b26-16+. The van der Waals surface area contributed by atoms with Crippen molar-refractivity contribution in [3.8, 4) is 11.5 Å². The van der Waals surface area contributed by atoms with Crippen molar-refractivity contribution in [2.24, 2.45) is 4.99 Å². The Balaban J connectivity index is 1.35. The summed E-state index contributed by atoms with van der Waals surface area (Å²) in [7, 11) is 0. The summed E-state index contributed by atoms with van der Waals surface area (Å²) in [6.07, 6.45) is -6.00. The summed E-state index contributed by atoms with van der Waals surface area (Å²) in [6, 6.07) is 18.6. The molecule has 42 heavy (non-hydrogen) atoms. The second-order valence-electron chi connectivity index (χ2n) is 9.33. The number of aromatic nitrogens is 1. The van der Waals surface area contributed by atoms with E-state index in [1.54, 1.807) is 6.21 Å². The summed E-state index contributed by atoms with van der Waals surface area (Å²) in [4.78, 5) is 4.95. The number of benzene rings is 3. The number of hydrogen-bond acceptors (Lipinski definition) is 4. The van der Waals surface area contributed by atoms with E-state index in [0.29, 0.717) is 41.8 Å². The van der Waals surface area contributed by atoms with Crippen molar-refractivity contribution in [3.05, 3.63) is 100 Å². The Morgan fingerprint density at radius 1 is 0.833 bits per heavy atom. The molecule has 12 heteroatoms. The summed E-state index contributed by atoms with van der Waals surface area (Å²) < 4.78 is 93.0. The van der Waals surface area contributed by atoms with E-state index in [1.807, 2.05) is 65.2 Å². The molecule has 218 valence electrons. The number of aliphatic imine (C=N–C) groups is 1. The molecule has 0 bridgehead atoms. The number of allylic oxidation sites excluding steroid dienone is 1. The molecule has 0 unspecified atom stereocenters. The molecular weight excluding hydrogens is 598 g/mol. The number of halogens is 6. The van der Waals surface area contributed by atoms with Crippen LogP contribution in [0.15, 0.2) is 82.7 Å². The van der Waals surface area contributed by atoms with Gasteiger partial charge in [-0.15, -0.1) is 0 Å². The lowest BCUT2D eigenvalue weighted by atomic mass is 10.1. The van der Waals surface area contributed by atoms with Crippen LogP contribution in [0.3, 0.4) is 0 Å². The first-order chi connectivity index (χ1) is 20.0. The van der Waals surface area contributed by atoms with Crippen LogP contribution < -0.4 is 9.47 Å². The lowest BCUT2D eigenvalue weighted by Crippen LogP contribution is -2.12. The van der Waals surface area contributed by atoms with Gasteiger partial charge >= 0.3 is 12.4 Å². The Bertz CT molecular complexity index is 1630. The average Bonchev–Trinajstić information content (AvgIpc) is 3.51. The van der Waals surface area contributed by atoms with Gasteiger partial charge in [0.15, 0.2) is 4.32 Å². The Kier molecular flexibility index (Phi) is 8.65. The minimum Gasteiger partial charge on any atom is -0.493 e. The van der Waals surface area contributed by atoms with Gasteiger partial charge in [-0.05, 0) is 60.5 Å². The Labute approximate surface area is 246 Å². The van der Waals surface area contributed by atoms with Crippen molar-refractivity contribution >= 4 is 51.5 Å². The predicted octanol–water partition coefficient (Wildman–Crippen LogP) is 9.17. The highest BCUT2D eigenvalue weighted by molar-refractivity contribution is 8.26. The van der Waals surface area contributed by atoms with Crippen LogP contribution >= 0.6 is 24.0 Å². The highest BCUT2D eigenvalue weighted by Crippen LogP contribution is 2.38. The Hall–Kier alpha value is -3.77. The number of ether oxygens (including phenoxy) is 2. The summed E-state index contributed by atoms with van der Waals surface area (Å²) >= 11 is 6.48. The van der Waals surface area contributed by atoms with E-state index in [0.717, 1.165) is 27.1 Å². The maximum absolute atomic E-state index is 13.2. The summed E-state index contributed by atoms with van der Waals surface area (Å²) in [5.41, 5.74) is -0.123. The molecule has 4 nitrogen and oxygen atoms in total. The van der Waals surface area contributed by atoms with Crippen LogP contribution in [-0.4, -0.2) is 21.7 Å². The maximum atomic E-state index is 13.2. The quantitative estimate of drug-likeness (QED) is 0.106. The molecule has 0 amide bonds. The number of fused-ring (bicyclic) bond motifs is 1. The van der Waals surface area contributed by atoms with Gasteiger partial charge in [0.1, 0.15) is 18.1 Å². The lowest BCUT2D eigenvalue weighted by molar-refractivity contribution is -0.143. The fourth-order valence-electron chi connectivity index (χ4n) is 4.37. The number of alkyl halides is 6. The predicted molar refractivity (Wildman–Crippen MR) is 156 cm³/mol. The third kappa shape index (κ3) is 7.35. The zero-order valence-electron chi connectivity index (χ0n) is 21.7. The van der Waals surface area contributed by atoms with Crippen LogP contribution in [-0.2, 0) is 25.5 Å². The van der Waals surface area contributed by atoms with Gasteiger partial charge in [-0.25, -0.2) is 4.99 Å². The molecule has 0 spiro atoms. The Morgan fingerprint density at radius 2 is 1.55 bits per heavy atom. The normalized spacial score (nSPS) is 14.7. The highest BCUT2D eigenvalue weighted by Gasteiger charge is 2.37. The molecule has 1 aliphatic rings. The molecule has 1 aromatic heterocycles. The zero-order valence-corrected chi connectivity index (χ0v) is 23.3. The summed E-state index contributed by atoms with van der Waals surface area (Å²) in [5, 5.41) is 0.892. The molecule has 0 fully saturated rings. The van der Waals surface area contributed by atoms with E-state index in [1.165, 1.54) is 11.8 Å². The van der Waals surface area contributed by atoms with E-state index in [9.17, 15) is 26.3 Å². The second-order valence-corrected chi connectivity index (χ2v) is 11.0. The fourth-order valence-corrected chi connectivity index (χ4v) is 5.31. The van der Waals surface area contributed by atoms with Crippen molar-refractivity contribution < 1.29 is 35.8 Å². The van der Waals surface area contributed by atoms with Crippen molar-refractivity contribution in [3.63, 3.8) is 0 Å². The van der Waals surface area contributed by atoms with E-state index >= 15 is 0 Å². The lowest BCUT2D eigenvalue weighted by Gasteiger charge is -2.15. The van der Waals surface area contributed by atoms with Gasteiger partial charge in [0.2, 0.25) is 0 Å². The molecule has 2 heterocycles. The number of rotatable bonds is 9. The highest BCUT2D eigenvalue weighted by atomic mass is 32.2. The summed E-state index contributed by atoms with van der Waals surface area (Å²) in [6.45, 7) is 0.675. The minimum absolute atomic E-state index is 0.0758.